The Hall–Kier alpha value is -3.12. The molecule has 0 heteroatoms. The lowest BCUT2D eigenvalue weighted by Gasteiger charge is -2.48. The van der Waals surface area contributed by atoms with E-state index < -0.39 is 0 Å². The molecule has 3 aromatic rings. The Balaban J connectivity index is 1.54. The average Bonchev–Trinajstić information content (AvgIpc) is 3.30. The third-order valence-electron chi connectivity index (χ3n) is 9.12. The van der Waals surface area contributed by atoms with E-state index in [-0.39, 0.29) is 10.8 Å². The van der Waals surface area contributed by atoms with Crippen molar-refractivity contribution >= 4 is 5.57 Å². The molecule has 0 aliphatic heterocycles. The molecule has 2 spiro atoms. The van der Waals surface area contributed by atoms with Crippen LogP contribution in [0.2, 0.25) is 0 Å². The fourth-order valence-corrected chi connectivity index (χ4v) is 7.67. The van der Waals surface area contributed by atoms with Gasteiger partial charge in [-0.15, -0.1) is 0 Å². The highest BCUT2D eigenvalue weighted by Crippen LogP contribution is 2.65. The summed E-state index contributed by atoms with van der Waals surface area (Å²) in [5.41, 5.74) is 15.2. The first-order chi connectivity index (χ1) is 15.7. The summed E-state index contributed by atoms with van der Waals surface area (Å²) in [6.45, 7) is 4.87. The minimum atomic E-state index is -0.000835. The predicted octanol–water partition coefficient (Wildman–Crippen LogP) is 8.14. The number of rotatable bonds is 0. The lowest BCUT2D eigenvalue weighted by Crippen LogP contribution is -2.41. The molecule has 3 aromatic carbocycles. The van der Waals surface area contributed by atoms with Crippen molar-refractivity contribution in [3.05, 3.63) is 124 Å². The van der Waals surface area contributed by atoms with Crippen molar-refractivity contribution in [1.82, 2.24) is 0 Å². The molecule has 0 heterocycles. The third-order valence-corrected chi connectivity index (χ3v) is 9.12. The Bertz CT molecular complexity index is 1350. The smallest absolute Gasteiger partial charge is 0.0424 e. The number of allylic oxidation sites excluding steroid dienone is 6. The van der Waals surface area contributed by atoms with Crippen molar-refractivity contribution in [3.63, 3.8) is 0 Å². The van der Waals surface area contributed by atoms with E-state index in [0.717, 1.165) is 12.8 Å². The van der Waals surface area contributed by atoms with Crippen LogP contribution in [0.15, 0.2) is 102 Å². The monoisotopic (exact) mass is 412 g/mol. The molecule has 0 saturated carbocycles. The quantitative estimate of drug-likeness (QED) is 0.327. The molecular weight excluding hydrogens is 384 g/mol. The SMILES string of the molecule is CC1=C(C)C2(CCC13C1=C(CCC=C1)c1ccccc13)c1ccccc1-c1ccccc12. The first-order valence-corrected chi connectivity index (χ1v) is 12.1. The molecule has 4 aliphatic carbocycles. The maximum absolute atomic E-state index is 2.46. The summed E-state index contributed by atoms with van der Waals surface area (Å²) in [4.78, 5) is 0. The number of benzene rings is 3. The fraction of sp³-hybridized carbons (Fsp3) is 0.250. The van der Waals surface area contributed by atoms with Crippen molar-refractivity contribution in [2.24, 2.45) is 0 Å². The summed E-state index contributed by atoms with van der Waals surface area (Å²) in [5.74, 6) is 0. The average molecular weight is 413 g/mol. The Morgan fingerprint density at radius 1 is 0.594 bits per heavy atom. The zero-order chi connectivity index (χ0) is 21.5. The van der Waals surface area contributed by atoms with Crippen LogP contribution in [0.1, 0.15) is 61.8 Å². The number of hydrogen-bond acceptors (Lipinski definition) is 0. The van der Waals surface area contributed by atoms with E-state index in [1.807, 2.05) is 0 Å². The minimum absolute atomic E-state index is 0.000835. The Morgan fingerprint density at radius 3 is 1.75 bits per heavy atom. The topological polar surface area (TPSA) is 0 Å². The van der Waals surface area contributed by atoms with Crippen LogP contribution in [0.3, 0.4) is 0 Å². The molecule has 0 radical (unpaired) electrons. The molecule has 0 amide bonds. The highest BCUT2D eigenvalue weighted by Gasteiger charge is 2.55. The van der Waals surface area contributed by atoms with Crippen LogP contribution < -0.4 is 0 Å². The molecule has 0 saturated heterocycles. The van der Waals surface area contributed by atoms with E-state index in [1.165, 1.54) is 40.7 Å². The summed E-state index contributed by atoms with van der Waals surface area (Å²) >= 11 is 0. The standard InChI is InChI=1S/C32H28/c1-21-22(2)32(29-17-9-5-13-25(29)26-14-6-10-18-30(26)32)20-19-31(21)27-15-7-3-11-23(27)24-12-4-8-16-28(24)31/h3-5,7-13,15-18H,6,14,19-20H2,1-2H3. The molecule has 156 valence electrons. The van der Waals surface area contributed by atoms with E-state index in [4.69, 9.17) is 0 Å². The van der Waals surface area contributed by atoms with Crippen molar-refractivity contribution < 1.29 is 0 Å². The molecule has 0 N–H and O–H groups in total. The second-order valence-electron chi connectivity index (χ2n) is 10.0. The molecule has 4 aliphatic rings. The minimum Gasteiger partial charge on any atom is -0.0839 e. The molecule has 1 unspecified atom stereocenters. The molecule has 1 atom stereocenters. The Kier molecular flexibility index (Phi) is 3.59. The Labute approximate surface area is 191 Å². The fourth-order valence-electron chi connectivity index (χ4n) is 7.67. The van der Waals surface area contributed by atoms with E-state index >= 15 is 0 Å². The van der Waals surface area contributed by atoms with Crippen molar-refractivity contribution in [1.29, 1.82) is 0 Å². The van der Waals surface area contributed by atoms with Gasteiger partial charge in [0.2, 0.25) is 0 Å². The van der Waals surface area contributed by atoms with E-state index in [9.17, 15) is 0 Å². The van der Waals surface area contributed by atoms with Gasteiger partial charge in [-0.1, -0.05) is 96.1 Å². The van der Waals surface area contributed by atoms with Gasteiger partial charge in [-0.2, -0.15) is 0 Å². The van der Waals surface area contributed by atoms with Gasteiger partial charge in [-0.3, -0.25) is 0 Å². The van der Waals surface area contributed by atoms with Crippen LogP contribution in [0, 0.1) is 0 Å². The summed E-state index contributed by atoms with van der Waals surface area (Å²) in [6, 6.07) is 27.5. The van der Waals surface area contributed by atoms with Crippen LogP contribution in [0.25, 0.3) is 16.7 Å². The van der Waals surface area contributed by atoms with Gasteiger partial charge >= 0.3 is 0 Å². The van der Waals surface area contributed by atoms with Crippen LogP contribution in [0.5, 0.6) is 0 Å². The van der Waals surface area contributed by atoms with Crippen LogP contribution >= 0.6 is 0 Å². The maximum Gasteiger partial charge on any atom is 0.0424 e. The number of hydrogen-bond donors (Lipinski definition) is 0. The third kappa shape index (κ3) is 1.96. The molecule has 0 aromatic heterocycles. The zero-order valence-electron chi connectivity index (χ0n) is 18.9. The second kappa shape index (κ2) is 6.23. The summed E-state index contributed by atoms with van der Waals surface area (Å²) in [5, 5.41) is 0. The van der Waals surface area contributed by atoms with Crippen LogP contribution in [-0.4, -0.2) is 0 Å². The van der Waals surface area contributed by atoms with Gasteiger partial charge in [0, 0.05) is 10.8 Å². The highest BCUT2D eigenvalue weighted by molar-refractivity contribution is 5.88. The normalized spacial score (nSPS) is 24.1. The zero-order valence-corrected chi connectivity index (χ0v) is 18.9. The van der Waals surface area contributed by atoms with E-state index in [1.54, 1.807) is 27.9 Å². The molecule has 0 nitrogen and oxygen atoms in total. The van der Waals surface area contributed by atoms with Gasteiger partial charge in [-0.25, -0.2) is 0 Å². The highest BCUT2D eigenvalue weighted by atomic mass is 14.6. The van der Waals surface area contributed by atoms with Gasteiger partial charge in [0.05, 0.1) is 0 Å². The molecular formula is C32H28. The van der Waals surface area contributed by atoms with E-state index in [2.05, 4.69) is 98.8 Å². The lowest BCUT2D eigenvalue weighted by atomic mass is 9.55. The largest absolute Gasteiger partial charge is 0.0839 e. The molecule has 7 rings (SSSR count). The van der Waals surface area contributed by atoms with Gasteiger partial charge in [0.25, 0.3) is 0 Å². The Morgan fingerprint density at radius 2 is 1.09 bits per heavy atom. The first kappa shape index (κ1) is 18.5. The number of fused-ring (bicyclic) bond motifs is 9. The maximum atomic E-state index is 2.46. The molecule has 0 bridgehead atoms. The van der Waals surface area contributed by atoms with Gasteiger partial charge in [0.1, 0.15) is 0 Å². The second-order valence-corrected chi connectivity index (χ2v) is 10.0. The van der Waals surface area contributed by atoms with Crippen LogP contribution in [-0.2, 0) is 10.8 Å². The summed E-state index contributed by atoms with van der Waals surface area (Å²) in [7, 11) is 0. The van der Waals surface area contributed by atoms with Crippen molar-refractivity contribution in [2.75, 3.05) is 0 Å². The van der Waals surface area contributed by atoms with Gasteiger partial charge < -0.3 is 0 Å². The van der Waals surface area contributed by atoms with Crippen LogP contribution in [0.4, 0.5) is 0 Å². The lowest BCUT2D eigenvalue weighted by molar-refractivity contribution is 0.404. The van der Waals surface area contributed by atoms with Crippen molar-refractivity contribution in [2.45, 2.75) is 50.4 Å². The van der Waals surface area contributed by atoms with Gasteiger partial charge in [0.15, 0.2) is 0 Å². The summed E-state index contributed by atoms with van der Waals surface area (Å²) in [6.07, 6.45) is 9.52. The van der Waals surface area contributed by atoms with E-state index in [0.29, 0.717) is 0 Å². The first-order valence-electron chi connectivity index (χ1n) is 12.1. The summed E-state index contributed by atoms with van der Waals surface area (Å²) < 4.78 is 0. The molecule has 0 fully saturated rings. The van der Waals surface area contributed by atoms with Crippen molar-refractivity contribution in [3.8, 4) is 11.1 Å². The predicted molar refractivity (Wildman–Crippen MR) is 134 cm³/mol. The van der Waals surface area contributed by atoms with Gasteiger partial charge in [-0.05, 0) is 84.1 Å². The molecule has 32 heavy (non-hydrogen) atoms.